The van der Waals surface area contributed by atoms with Crippen LogP contribution < -0.4 is 0 Å². The number of aromatic nitrogens is 1. The molecule has 1 heterocycles. The van der Waals surface area contributed by atoms with Crippen molar-refractivity contribution < 1.29 is 23.9 Å². The zero-order chi connectivity index (χ0) is 15.3. The van der Waals surface area contributed by atoms with Crippen molar-refractivity contribution in [2.24, 2.45) is 0 Å². The molecule has 108 valence electrons. The number of pyridine rings is 1. The first-order chi connectivity index (χ1) is 9.38. The Bertz CT molecular complexity index is 527. The highest BCUT2D eigenvalue weighted by Crippen LogP contribution is 2.11. The summed E-state index contributed by atoms with van der Waals surface area (Å²) in [7, 11) is 4.31. The second kappa shape index (κ2) is 6.65. The van der Waals surface area contributed by atoms with Crippen molar-refractivity contribution >= 4 is 17.8 Å². The van der Waals surface area contributed by atoms with Gasteiger partial charge in [0, 0.05) is 26.5 Å². The van der Waals surface area contributed by atoms with E-state index in [1.807, 2.05) is 0 Å². The average molecular weight is 280 g/mol. The largest absolute Gasteiger partial charge is 0.465 e. The maximum atomic E-state index is 12.0. The summed E-state index contributed by atoms with van der Waals surface area (Å²) in [6.07, 6.45) is 1.60. The lowest BCUT2D eigenvalue weighted by Crippen LogP contribution is -2.35. The van der Waals surface area contributed by atoms with E-state index in [1.54, 1.807) is 14.1 Å². The van der Waals surface area contributed by atoms with E-state index in [9.17, 15) is 14.4 Å². The molecule has 0 radical (unpaired) electrons. The van der Waals surface area contributed by atoms with E-state index < -0.39 is 18.0 Å². The summed E-state index contributed by atoms with van der Waals surface area (Å²) in [6, 6.07) is 1.35. The molecule has 0 N–H and O–H groups in total. The van der Waals surface area contributed by atoms with E-state index in [1.165, 1.54) is 37.4 Å². The maximum Gasteiger partial charge on any atom is 0.341 e. The fraction of sp³-hybridized carbons (Fsp3) is 0.385. The Morgan fingerprint density at radius 2 is 1.85 bits per heavy atom. The molecule has 0 aliphatic carbocycles. The lowest BCUT2D eigenvalue weighted by atomic mass is 10.1. The zero-order valence-electron chi connectivity index (χ0n) is 11.7. The summed E-state index contributed by atoms with van der Waals surface area (Å²) in [6.45, 7) is 1.45. The number of methoxy groups -OCH3 is 1. The van der Waals surface area contributed by atoms with Gasteiger partial charge in [-0.1, -0.05) is 0 Å². The standard InChI is InChI=1S/C13H16N2O5/c1-8(11(16)15(2)3)20-13(18)10-7-14-6-5-9(10)12(17)19-4/h5-8H,1-4H3/t8-/m1/s1. The number of carbonyl (C=O) groups is 3. The van der Waals surface area contributed by atoms with Gasteiger partial charge in [-0.2, -0.15) is 0 Å². The van der Waals surface area contributed by atoms with Gasteiger partial charge in [-0.3, -0.25) is 9.78 Å². The first-order valence-corrected chi connectivity index (χ1v) is 5.83. The summed E-state index contributed by atoms with van der Waals surface area (Å²) in [4.78, 5) is 40.2. The Morgan fingerprint density at radius 3 is 2.40 bits per heavy atom. The quantitative estimate of drug-likeness (QED) is 0.747. The first-order valence-electron chi connectivity index (χ1n) is 5.83. The summed E-state index contributed by atoms with van der Waals surface area (Å²) < 4.78 is 9.58. The Hall–Kier alpha value is -2.44. The predicted octanol–water partition coefficient (Wildman–Crippen LogP) is 0.502. The molecule has 0 saturated carbocycles. The molecule has 1 aromatic heterocycles. The minimum absolute atomic E-state index is 0.0389. The Kier molecular flexibility index (Phi) is 5.19. The van der Waals surface area contributed by atoms with Crippen LogP contribution in [-0.2, 0) is 14.3 Å². The molecule has 7 nitrogen and oxygen atoms in total. The SMILES string of the molecule is COC(=O)c1ccncc1C(=O)O[C@H](C)C(=O)N(C)C. The van der Waals surface area contributed by atoms with E-state index in [-0.39, 0.29) is 17.0 Å². The van der Waals surface area contributed by atoms with E-state index in [2.05, 4.69) is 9.72 Å². The third-order valence-corrected chi connectivity index (χ3v) is 2.52. The summed E-state index contributed by atoms with van der Waals surface area (Å²) in [5, 5.41) is 0. The summed E-state index contributed by atoms with van der Waals surface area (Å²) in [5.74, 6) is -1.84. The molecule has 7 heteroatoms. The molecule has 1 aromatic rings. The highest BCUT2D eigenvalue weighted by atomic mass is 16.5. The molecular weight excluding hydrogens is 264 g/mol. The molecular formula is C13H16N2O5. The number of amides is 1. The zero-order valence-corrected chi connectivity index (χ0v) is 11.7. The van der Waals surface area contributed by atoms with Gasteiger partial charge in [0.1, 0.15) is 0 Å². The third-order valence-electron chi connectivity index (χ3n) is 2.52. The number of esters is 2. The molecule has 0 spiro atoms. The van der Waals surface area contributed by atoms with Crippen LogP contribution in [0.3, 0.4) is 0 Å². The normalized spacial score (nSPS) is 11.4. The van der Waals surface area contributed by atoms with Crippen molar-refractivity contribution in [3.05, 3.63) is 29.6 Å². The average Bonchev–Trinajstić information content (AvgIpc) is 2.45. The molecule has 0 aliphatic heterocycles. The van der Waals surface area contributed by atoms with E-state index in [0.29, 0.717) is 0 Å². The van der Waals surface area contributed by atoms with E-state index in [0.717, 1.165) is 0 Å². The van der Waals surface area contributed by atoms with Crippen LogP contribution in [0.4, 0.5) is 0 Å². The molecule has 0 aliphatic rings. The van der Waals surface area contributed by atoms with Crippen molar-refractivity contribution in [1.29, 1.82) is 0 Å². The molecule has 1 amide bonds. The number of ether oxygens (including phenoxy) is 2. The van der Waals surface area contributed by atoms with Gasteiger partial charge in [-0.25, -0.2) is 9.59 Å². The highest BCUT2D eigenvalue weighted by Gasteiger charge is 2.24. The predicted molar refractivity (Wildman–Crippen MR) is 69.1 cm³/mol. The fourth-order valence-corrected chi connectivity index (χ4v) is 1.48. The maximum absolute atomic E-state index is 12.0. The van der Waals surface area contributed by atoms with Crippen LogP contribution in [0, 0.1) is 0 Å². The molecule has 20 heavy (non-hydrogen) atoms. The Labute approximate surface area is 116 Å². The van der Waals surface area contributed by atoms with Gasteiger partial charge in [0.15, 0.2) is 6.10 Å². The van der Waals surface area contributed by atoms with Crippen molar-refractivity contribution in [3.63, 3.8) is 0 Å². The van der Waals surface area contributed by atoms with Crippen molar-refractivity contribution in [2.45, 2.75) is 13.0 Å². The second-order valence-corrected chi connectivity index (χ2v) is 4.19. The Morgan fingerprint density at radius 1 is 1.20 bits per heavy atom. The number of nitrogens with zero attached hydrogens (tertiary/aromatic N) is 2. The van der Waals surface area contributed by atoms with Crippen LogP contribution >= 0.6 is 0 Å². The van der Waals surface area contributed by atoms with Crippen LogP contribution in [0.15, 0.2) is 18.5 Å². The van der Waals surface area contributed by atoms with Crippen LogP contribution in [0.2, 0.25) is 0 Å². The van der Waals surface area contributed by atoms with Crippen LogP contribution in [0.25, 0.3) is 0 Å². The Balaban J connectivity index is 2.93. The topological polar surface area (TPSA) is 85.8 Å². The smallest absolute Gasteiger partial charge is 0.341 e. The number of rotatable bonds is 4. The number of hydrogen-bond donors (Lipinski definition) is 0. The molecule has 0 aromatic carbocycles. The van der Waals surface area contributed by atoms with Gasteiger partial charge in [0.25, 0.3) is 5.91 Å². The number of likely N-dealkylation sites (N-methyl/N-ethyl adjacent to an activating group) is 1. The lowest BCUT2D eigenvalue weighted by Gasteiger charge is -2.17. The lowest BCUT2D eigenvalue weighted by molar-refractivity contribution is -0.137. The van der Waals surface area contributed by atoms with Gasteiger partial charge in [-0.15, -0.1) is 0 Å². The molecule has 1 rings (SSSR count). The van der Waals surface area contributed by atoms with E-state index >= 15 is 0 Å². The molecule has 1 atom stereocenters. The van der Waals surface area contributed by atoms with Gasteiger partial charge in [-0.05, 0) is 13.0 Å². The second-order valence-electron chi connectivity index (χ2n) is 4.19. The van der Waals surface area contributed by atoms with Crippen LogP contribution in [0.5, 0.6) is 0 Å². The first kappa shape index (κ1) is 15.6. The van der Waals surface area contributed by atoms with Gasteiger partial charge in [0.2, 0.25) is 0 Å². The van der Waals surface area contributed by atoms with Crippen molar-refractivity contribution in [1.82, 2.24) is 9.88 Å². The van der Waals surface area contributed by atoms with Crippen LogP contribution in [0.1, 0.15) is 27.6 Å². The van der Waals surface area contributed by atoms with E-state index in [4.69, 9.17) is 4.74 Å². The third kappa shape index (κ3) is 3.53. The highest BCUT2D eigenvalue weighted by molar-refractivity contribution is 6.03. The number of hydrogen-bond acceptors (Lipinski definition) is 6. The van der Waals surface area contributed by atoms with Crippen molar-refractivity contribution in [2.75, 3.05) is 21.2 Å². The number of carbonyl (C=O) groups excluding carboxylic acids is 3. The van der Waals surface area contributed by atoms with Gasteiger partial charge >= 0.3 is 11.9 Å². The minimum Gasteiger partial charge on any atom is -0.465 e. The minimum atomic E-state index is -0.955. The van der Waals surface area contributed by atoms with Gasteiger partial charge in [0.05, 0.1) is 18.2 Å². The monoisotopic (exact) mass is 280 g/mol. The van der Waals surface area contributed by atoms with Crippen LogP contribution in [-0.4, -0.2) is 55.0 Å². The molecule has 0 fully saturated rings. The summed E-state index contributed by atoms with van der Waals surface area (Å²) in [5.41, 5.74) is -0.00485. The van der Waals surface area contributed by atoms with Crippen molar-refractivity contribution in [3.8, 4) is 0 Å². The molecule has 0 saturated heterocycles. The molecule has 0 bridgehead atoms. The summed E-state index contributed by atoms with van der Waals surface area (Å²) >= 11 is 0. The fourth-order valence-electron chi connectivity index (χ4n) is 1.48. The van der Waals surface area contributed by atoms with Gasteiger partial charge < -0.3 is 14.4 Å². The molecule has 0 unspecified atom stereocenters.